The van der Waals surface area contributed by atoms with E-state index in [1.807, 2.05) is 22.6 Å². The molecule has 0 aliphatic heterocycles. The van der Waals surface area contributed by atoms with Crippen LogP contribution in [0.5, 0.6) is 0 Å². The predicted molar refractivity (Wildman–Crippen MR) is 72.7 cm³/mol. The lowest BCUT2D eigenvalue weighted by molar-refractivity contribution is 0.630. The summed E-state index contributed by atoms with van der Waals surface area (Å²) in [5.41, 5.74) is 0.463. The molecule has 17 heavy (non-hydrogen) atoms. The molecule has 0 aliphatic carbocycles. The molecule has 0 aliphatic rings. The SMILES string of the molecule is Cc1nc(-c2cccc(Cl)c2F)[nH]c(=O)c1I. The summed E-state index contributed by atoms with van der Waals surface area (Å²) >= 11 is 7.57. The molecule has 2 rings (SSSR count). The van der Waals surface area contributed by atoms with Crippen molar-refractivity contribution in [1.29, 1.82) is 0 Å². The van der Waals surface area contributed by atoms with Gasteiger partial charge >= 0.3 is 0 Å². The molecule has 88 valence electrons. The molecule has 6 heteroatoms. The van der Waals surface area contributed by atoms with Crippen molar-refractivity contribution >= 4 is 34.2 Å². The summed E-state index contributed by atoms with van der Waals surface area (Å²) in [7, 11) is 0. The minimum atomic E-state index is -0.585. The van der Waals surface area contributed by atoms with Crippen molar-refractivity contribution in [3.8, 4) is 11.4 Å². The number of aromatic amines is 1. The van der Waals surface area contributed by atoms with Gasteiger partial charge < -0.3 is 4.98 Å². The number of halogens is 3. The van der Waals surface area contributed by atoms with Crippen molar-refractivity contribution in [2.45, 2.75) is 6.92 Å². The lowest BCUT2D eigenvalue weighted by Gasteiger charge is -2.05. The van der Waals surface area contributed by atoms with E-state index >= 15 is 0 Å². The van der Waals surface area contributed by atoms with Gasteiger partial charge in [0.1, 0.15) is 5.82 Å². The number of H-pyrrole nitrogens is 1. The van der Waals surface area contributed by atoms with Gasteiger partial charge in [-0.3, -0.25) is 4.79 Å². The number of rotatable bonds is 1. The highest BCUT2D eigenvalue weighted by atomic mass is 127. The number of nitrogens with zero attached hydrogens (tertiary/aromatic N) is 1. The molecule has 0 unspecified atom stereocenters. The predicted octanol–water partition coefficient (Wildman–Crippen LogP) is 3.14. The van der Waals surface area contributed by atoms with Gasteiger partial charge in [-0.15, -0.1) is 0 Å². The van der Waals surface area contributed by atoms with Crippen molar-refractivity contribution in [3.63, 3.8) is 0 Å². The Morgan fingerprint density at radius 1 is 1.47 bits per heavy atom. The molecule has 0 bridgehead atoms. The number of hydrogen-bond acceptors (Lipinski definition) is 2. The Balaban J connectivity index is 2.70. The highest BCUT2D eigenvalue weighted by Gasteiger charge is 2.12. The lowest BCUT2D eigenvalue weighted by Crippen LogP contribution is -2.14. The fraction of sp³-hybridized carbons (Fsp3) is 0.0909. The molecule has 0 amide bonds. The first-order valence-corrected chi connectivity index (χ1v) is 6.17. The van der Waals surface area contributed by atoms with E-state index in [4.69, 9.17) is 11.6 Å². The van der Waals surface area contributed by atoms with E-state index in [0.717, 1.165) is 0 Å². The van der Waals surface area contributed by atoms with Gasteiger partial charge in [-0.05, 0) is 41.6 Å². The molecule has 0 saturated heterocycles. The zero-order valence-electron chi connectivity index (χ0n) is 8.72. The fourth-order valence-electron chi connectivity index (χ4n) is 1.39. The Labute approximate surface area is 115 Å². The maximum atomic E-state index is 13.8. The van der Waals surface area contributed by atoms with Gasteiger partial charge in [0, 0.05) is 0 Å². The average molecular weight is 365 g/mol. The molecule has 2 aromatic rings. The van der Waals surface area contributed by atoms with E-state index in [1.54, 1.807) is 13.0 Å². The van der Waals surface area contributed by atoms with Crippen LogP contribution in [0.3, 0.4) is 0 Å². The first kappa shape index (κ1) is 12.5. The minimum absolute atomic E-state index is 0.00125. The molecule has 0 fully saturated rings. The molecule has 1 N–H and O–H groups in total. The summed E-state index contributed by atoms with van der Waals surface area (Å²) in [6.45, 7) is 1.70. The average Bonchev–Trinajstić information content (AvgIpc) is 2.29. The highest BCUT2D eigenvalue weighted by Crippen LogP contribution is 2.24. The standard InChI is InChI=1S/C11H7ClFIN2O/c1-5-9(14)11(17)16-10(15-5)6-3-2-4-7(12)8(6)13/h2-4H,1H3,(H,15,16,17). The third kappa shape index (κ3) is 2.35. The first-order valence-electron chi connectivity index (χ1n) is 4.71. The zero-order valence-corrected chi connectivity index (χ0v) is 11.6. The van der Waals surface area contributed by atoms with Crippen LogP contribution in [-0.2, 0) is 0 Å². The number of benzene rings is 1. The third-order valence-electron chi connectivity index (χ3n) is 2.24. The van der Waals surface area contributed by atoms with E-state index < -0.39 is 5.82 Å². The molecule has 0 radical (unpaired) electrons. The van der Waals surface area contributed by atoms with Crippen molar-refractivity contribution in [3.05, 3.63) is 48.7 Å². The van der Waals surface area contributed by atoms with Crippen LogP contribution in [0.1, 0.15) is 5.69 Å². The summed E-state index contributed by atoms with van der Waals surface area (Å²) in [5.74, 6) is -0.397. The monoisotopic (exact) mass is 364 g/mol. The molecule has 3 nitrogen and oxygen atoms in total. The van der Waals surface area contributed by atoms with E-state index in [9.17, 15) is 9.18 Å². The van der Waals surface area contributed by atoms with Crippen LogP contribution in [0.4, 0.5) is 4.39 Å². The molecule has 0 saturated carbocycles. The Morgan fingerprint density at radius 2 is 2.18 bits per heavy atom. The highest BCUT2D eigenvalue weighted by molar-refractivity contribution is 14.1. The van der Waals surface area contributed by atoms with Gasteiger partial charge in [0.15, 0.2) is 5.82 Å². The smallest absolute Gasteiger partial charge is 0.264 e. The Morgan fingerprint density at radius 3 is 2.82 bits per heavy atom. The second-order valence-corrected chi connectivity index (χ2v) is 4.90. The minimum Gasteiger partial charge on any atom is -0.306 e. The van der Waals surface area contributed by atoms with E-state index in [2.05, 4.69) is 9.97 Å². The van der Waals surface area contributed by atoms with Gasteiger partial charge in [-0.2, -0.15) is 0 Å². The molecule has 0 spiro atoms. The summed E-state index contributed by atoms with van der Waals surface area (Å²) in [6.07, 6.45) is 0. The summed E-state index contributed by atoms with van der Waals surface area (Å²) in [6, 6.07) is 4.57. The van der Waals surface area contributed by atoms with Crippen LogP contribution in [0.15, 0.2) is 23.0 Å². The van der Waals surface area contributed by atoms with Crippen molar-refractivity contribution < 1.29 is 4.39 Å². The largest absolute Gasteiger partial charge is 0.306 e. The molecule has 1 aromatic heterocycles. The molecular weight excluding hydrogens is 357 g/mol. The van der Waals surface area contributed by atoms with Crippen LogP contribution in [-0.4, -0.2) is 9.97 Å². The Bertz CT molecular complexity index is 642. The van der Waals surface area contributed by atoms with E-state index in [1.165, 1.54) is 12.1 Å². The summed E-state index contributed by atoms with van der Waals surface area (Å²) in [4.78, 5) is 18.2. The number of nitrogens with one attached hydrogen (secondary N) is 1. The zero-order chi connectivity index (χ0) is 12.6. The van der Waals surface area contributed by atoms with Crippen LogP contribution in [0.25, 0.3) is 11.4 Å². The Kier molecular flexibility index (Phi) is 3.48. The van der Waals surface area contributed by atoms with E-state index in [0.29, 0.717) is 9.26 Å². The van der Waals surface area contributed by atoms with Gasteiger partial charge in [-0.25, -0.2) is 9.37 Å². The van der Waals surface area contributed by atoms with E-state index in [-0.39, 0.29) is 22.0 Å². The van der Waals surface area contributed by atoms with Crippen LogP contribution in [0.2, 0.25) is 5.02 Å². The van der Waals surface area contributed by atoms with Crippen LogP contribution >= 0.6 is 34.2 Å². The number of aromatic nitrogens is 2. The van der Waals surface area contributed by atoms with Gasteiger partial charge in [-0.1, -0.05) is 17.7 Å². The summed E-state index contributed by atoms with van der Waals surface area (Å²) < 4.78 is 14.2. The molecule has 1 aromatic carbocycles. The topological polar surface area (TPSA) is 45.8 Å². The fourth-order valence-corrected chi connectivity index (χ4v) is 1.82. The quantitative estimate of drug-likeness (QED) is 0.790. The molecule has 0 atom stereocenters. The second kappa shape index (κ2) is 4.73. The van der Waals surface area contributed by atoms with Gasteiger partial charge in [0.2, 0.25) is 0 Å². The van der Waals surface area contributed by atoms with Crippen molar-refractivity contribution in [1.82, 2.24) is 9.97 Å². The van der Waals surface area contributed by atoms with Crippen molar-refractivity contribution in [2.24, 2.45) is 0 Å². The van der Waals surface area contributed by atoms with Crippen LogP contribution in [0, 0.1) is 16.3 Å². The second-order valence-electron chi connectivity index (χ2n) is 3.42. The number of hydrogen-bond donors (Lipinski definition) is 1. The number of aryl methyl sites for hydroxylation is 1. The Hall–Kier alpha value is -0.950. The summed E-state index contributed by atoms with van der Waals surface area (Å²) in [5, 5.41) is 0.00125. The molecule has 1 heterocycles. The maximum Gasteiger partial charge on any atom is 0.264 e. The maximum absolute atomic E-state index is 13.8. The lowest BCUT2D eigenvalue weighted by atomic mass is 10.2. The van der Waals surface area contributed by atoms with Crippen molar-refractivity contribution in [2.75, 3.05) is 0 Å². The van der Waals surface area contributed by atoms with Crippen LogP contribution < -0.4 is 5.56 Å². The normalized spacial score (nSPS) is 10.6. The van der Waals surface area contributed by atoms with Gasteiger partial charge in [0.25, 0.3) is 5.56 Å². The van der Waals surface area contributed by atoms with Gasteiger partial charge in [0.05, 0.1) is 19.9 Å². The first-order chi connectivity index (χ1) is 8.00. The third-order valence-corrected chi connectivity index (χ3v) is 3.80. The molecular formula is C11H7ClFIN2O.